The summed E-state index contributed by atoms with van der Waals surface area (Å²) in [5.74, 6) is 0. The van der Waals surface area contributed by atoms with Gasteiger partial charge in [0.1, 0.15) is 0 Å². The van der Waals surface area contributed by atoms with Crippen LogP contribution in [0.2, 0.25) is 0 Å². The number of unbranched alkanes of at least 4 members (excludes halogenated alkanes) is 3. The Morgan fingerprint density at radius 2 is 2.00 bits per heavy atom. The summed E-state index contributed by atoms with van der Waals surface area (Å²) in [4.78, 5) is 1.44. The zero-order valence-corrected chi connectivity index (χ0v) is 13.4. The average Bonchev–Trinajstić information content (AvgIpc) is 2.85. The first kappa shape index (κ1) is 16.6. The Morgan fingerprint density at radius 3 is 2.68 bits per heavy atom. The van der Waals surface area contributed by atoms with Crippen LogP contribution in [0.3, 0.4) is 0 Å². The van der Waals surface area contributed by atoms with Gasteiger partial charge in [-0.3, -0.25) is 0 Å². The lowest BCUT2D eigenvalue weighted by molar-refractivity contribution is 0.574. The monoisotopic (exact) mass is 304 g/mol. The van der Waals surface area contributed by atoms with Gasteiger partial charge in [0, 0.05) is 23.3 Å². The first-order valence-corrected chi connectivity index (χ1v) is 9.24. The van der Waals surface area contributed by atoms with Crippen molar-refractivity contribution in [3.8, 4) is 0 Å². The molecule has 0 aromatic carbocycles. The maximum absolute atomic E-state index is 12.0. The summed E-state index contributed by atoms with van der Waals surface area (Å²) in [7, 11) is -3.32. The van der Waals surface area contributed by atoms with Gasteiger partial charge in [0.15, 0.2) is 0 Å². The molecule has 2 N–H and O–H groups in total. The van der Waals surface area contributed by atoms with Crippen LogP contribution in [0.4, 0.5) is 0 Å². The maximum atomic E-state index is 12.0. The predicted molar refractivity (Wildman–Crippen MR) is 81.0 cm³/mol. The van der Waals surface area contributed by atoms with E-state index in [9.17, 15) is 8.42 Å². The molecule has 0 amide bonds. The highest BCUT2D eigenvalue weighted by atomic mass is 32.2. The zero-order chi connectivity index (χ0) is 14.1. The molecule has 6 heteroatoms. The fraction of sp³-hybridized carbons (Fsp3) is 0.692. The van der Waals surface area contributed by atoms with Crippen LogP contribution in [0.25, 0.3) is 0 Å². The number of thiophene rings is 1. The molecule has 0 saturated heterocycles. The molecular weight excluding hydrogens is 280 g/mol. The normalized spacial score (nSPS) is 11.9. The fourth-order valence-corrected chi connectivity index (χ4v) is 4.00. The van der Waals surface area contributed by atoms with Gasteiger partial charge < -0.3 is 5.32 Å². The van der Waals surface area contributed by atoms with E-state index in [2.05, 4.69) is 17.0 Å². The molecule has 1 rings (SSSR count). The molecule has 1 heterocycles. The lowest BCUT2D eigenvalue weighted by atomic mass is 10.2. The highest BCUT2D eigenvalue weighted by Gasteiger charge is 2.15. The number of hydrogen-bond donors (Lipinski definition) is 2. The van der Waals surface area contributed by atoms with Crippen LogP contribution in [0.1, 0.15) is 44.4 Å². The molecule has 110 valence electrons. The Balaban J connectivity index is 2.45. The quantitative estimate of drug-likeness (QED) is 0.653. The van der Waals surface area contributed by atoms with Crippen molar-refractivity contribution in [3.63, 3.8) is 0 Å². The highest BCUT2D eigenvalue weighted by Crippen LogP contribution is 2.19. The van der Waals surface area contributed by atoms with Crippen molar-refractivity contribution in [2.75, 3.05) is 13.1 Å². The SMILES string of the molecule is CCCCCCNS(=O)(=O)c1csc(CNCC)c1. The van der Waals surface area contributed by atoms with E-state index in [1.54, 1.807) is 11.4 Å². The molecule has 19 heavy (non-hydrogen) atoms. The average molecular weight is 304 g/mol. The number of nitrogens with one attached hydrogen (secondary N) is 2. The molecule has 0 atom stereocenters. The Labute approximate surface area is 120 Å². The van der Waals surface area contributed by atoms with Gasteiger partial charge in [-0.05, 0) is 19.0 Å². The molecule has 0 aliphatic rings. The van der Waals surface area contributed by atoms with Crippen LogP contribution in [0, 0.1) is 0 Å². The van der Waals surface area contributed by atoms with Crippen LogP contribution in [0.5, 0.6) is 0 Å². The van der Waals surface area contributed by atoms with Crippen LogP contribution >= 0.6 is 11.3 Å². The van der Waals surface area contributed by atoms with E-state index in [-0.39, 0.29) is 0 Å². The first-order chi connectivity index (χ1) is 9.10. The molecule has 0 spiro atoms. The van der Waals surface area contributed by atoms with Crippen LogP contribution in [-0.4, -0.2) is 21.5 Å². The van der Waals surface area contributed by atoms with Gasteiger partial charge in [0.2, 0.25) is 10.0 Å². The molecule has 0 aliphatic heterocycles. The standard InChI is InChI=1S/C13H24N2O2S2/c1-3-5-6-7-8-15-19(16,17)13-9-12(18-11-13)10-14-4-2/h9,11,14-15H,3-8,10H2,1-2H3. The van der Waals surface area contributed by atoms with E-state index in [1.165, 1.54) is 11.3 Å². The third-order valence-electron chi connectivity index (χ3n) is 2.81. The molecule has 1 aromatic rings. The van der Waals surface area contributed by atoms with Gasteiger partial charge in [-0.1, -0.05) is 33.1 Å². The number of sulfonamides is 1. The van der Waals surface area contributed by atoms with Crippen LogP contribution < -0.4 is 10.0 Å². The molecule has 0 radical (unpaired) electrons. The molecular formula is C13H24N2O2S2. The van der Waals surface area contributed by atoms with E-state index in [4.69, 9.17) is 0 Å². The zero-order valence-electron chi connectivity index (χ0n) is 11.7. The summed E-state index contributed by atoms with van der Waals surface area (Å²) in [5.41, 5.74) is 0. The Morgan fingerprint density at radius 1 is 1.21 bits per heavy atom. The molecule has 1 aromatic heterocycles. The van der Waals surface area contributed by atoms with Crippen molar-refractivity contribution in [2.24, 2.45) is 0 Å². The summed E-state index contributed by atoms with van der Waals surface area (Å²) < 4.78 is 26.7. The third kappa shape index (κ3) is 6.03. The Hall–Kier alpha value is -0.430. The van der Waals surface area contributed by atoms with E-state index < -0.39 is 10.0 Å². The topological polar surface area (TPSA) is 58.2 Å². The van der Waals surface area contributed by atoms with E-state index >= 15 is 0 Å². The van der Waals surface area contributed by atoms with Crippen molar-refractivity contribution < 1.29 is 8.42 Å². The van der Waals surface area contributed by atoms with Crippen LogP contribution in [0.15, 0.2) is 16.3 Å². The van der Waals surface area contributed by atoms with Crippen molar-refractivity contribution in [3.05, 3.63) is 16.3 Å². The second-order valence-corrected chi connectivity index (χ2v) is 7.25. The summed E-state index contributed by atoms with van der Waals surface area (Å²) in [6, 6.07) is 1.75. The second kappa shape index (κ2) is 8.68. The van der Waals surface area contributed by atoms with Gasteiger partial charge in [-0.25, -0.2) is 13.1 Å². The molecule has 0 bridgehead atoms. The van der Waals surface area contributed by atoms with Crippen molar-refractivity contribution in [2.45, 2.75) is 51.0 Å². The van der Waals surface area contributed by atoms with Crippen molar-refractivity contribution in [1.82, 2.24) is 10.0 Å². The number of hydrogen-bond acceptors (Lipinski definition) is 4. The minimum absolute atomic E-state index is 0.390. The lowest BCUT2D eigenvalue weighted by Gasteiger charge is -2.04. The third-order valence-corrected chi connectivity index (χ3v) is 5.34. The summed E-state index contributed by atoms with van der Waals surface area (Å²) in [5, 5.41) is 4.90. The predicted octanol–water partition coefficient (Wildman–Crippen LogP) is 2.72. The minimum Gasteiger partial charge on any atom is -0.312 e. The summed E-state index contributed by atoms with van der Waals surface area (Å²) >= 11 is 1.48. The Bertz CT molecular complexity index is 455. The highest BCUT2D eigenvalue weighted by molar-refractivity contribution is 7.89. The van der Waals surface area contributed by atoms with Crippen molar-refractivity contribution in [1.29, 1.82) is 0 Å². The largest absolute Gasteiger partial charge is 0.312 e. The molecule has 0 aliphatic carbocycles. The minimum atomic E-state index is -3.32. The van der Waals surface area contributed by atoms with Gasteiger partial charge in [-0.2, -0.15) is 0 Å². The van der Waals surface area contributed by atoms with Crippen molar-refractivity contribution >= 4 is 21.4 Å². The van der Waals surface area contributed by atoms with Gasteiger partial charge in [-0.15, -0.1) is 11.3 Å². The van der Waals surface area contributed by atoms with Gasteiger partial charge in [0.05, 0.1) is 4.90 Å². The molecule has 0 fully saturated rings. The van der Waals surface area contributed by atoms with E-state index in [0.717, 1.165) is 43.6 Å². The van der Waals surface area contributed by atoms with Gasteiger partial charge >= 0.3 is 0 Å². The molecule has 0 unspecified atom stereocenters. The second-order valence-electron chi connectivity index (χ2n) is 4.49. The Kier molecular flexibility index (Phi) is 7.60. The summed E-state index contributed by atoms with van der Waals surface area (Å²) in [6.07, 6.45) is 4.30. The number of rotatable bonds is 10. The molecule has 0 saturated carbocycles. The lowest BCUT2D eigenvalue weighted by Crippen LogP contribution is -2.24. The molecule has 4 nitrogen and oxygen atoms in total. The smallest absolute Gasteiger partial charge is 0.241 e. The van der Waals surface area contributed by atoms with Gasteiger partial charge in [0.25, 0.3) is 0 Å². The fourth-order valence-electron chi connectivity index (χ4n) is 1.68. The van der Waals surface area contributed by atoms with Crippen LogP contribution in [-0.2, 0) is 16.6 Å². The summed E-state index contributed by atoms with van der Waals surface area (Å²) in [6.45, 7) is 6.31. The first-order valence-electron chi connectivity index (χ1n) is 6.88. The maximum Gasteiger partial charge on any atom is 0.241 e. The van der Waals surface area contributed by atoms with E-state index in [1.807, 2.05) is 6.92 Å². The van der Waals surface area contributed by atoms with E-state index in [0.29, 0.717) is 11.4 Å².